The normalized spacial score (nSPS) is 19.6. The molecule has 10 N–H and O–H groups in total. The van der Waals surface area contributed by atoms with E-state index < -0.39 is 51.5 Å². The molecule has 20 nitrogen and oxygen atoms in total. The number of β-lactam (4-membered cyclic amide) rings is 1. The van der Waals surface area contributed by atoms with Crippen LogP contribution in [0.15, 0.2) is 21.7 Å². The predicted molar refractivity (Wildman–Crippen MR) is 145 cm³/mol. The zero-order valence-corrected chi connectivity index (χ0v) is 23.4. The van der Waals surface area contributed by atoms with Gasteiger partial charge in [-0.2, -0.15) is 23.4 Å². The molecule has 1 aliphatic heterocycles. The summed E-state index contributed by atoms with van der Waals surface area (Å²) < 4.78 is 33.6. The van der Waals surface area contributed by atoms with Gasteiger partial charge in [0.25, 0.3) is 11.8 Å². The van der Waals surface area contributed by atoms with E-state index in [0.717, 1.165) is 16.1 Å². The number of aliphatic imine (C=N–C) groups is 1. The lowest BCUT2D eigenvalue weighted by molar-refractivity contribution is -0.153. The van der Waals surface area contributed by atoms with Gasteiger partial charge in [0.1, 0.15) is 17.8 Å². The molecule has 1 aliphatic carbocycles. The molecule has 2 fully saturated rings. The van der Waals surface area contributed by atoms with Crippen molar-refractivity contribution in [3.05, 3.63) is 23.0 Å². The second kappa shape index (κ2) is 12.2. The van der Waals surface area contributed by atoms with E-state index in [9.17, 15) is 32.5 Å². The Morgan fingerprint density at radius 2 is 2.05 bits per heavy atom. The molecule has 2 atom stereocenters. The quantitative estimate of drug-likeness (QED) is 0.0252. The van der Waals surface area contributed by atoms with Gasteiger partial charge in [0, 0.05) is 31.3 Å². The summed E-state index contributed by atoms with van der Waals surface area (Å²) >= 11 is 0.969. The summed E-state index contributed by atoms with van der Waals surface area (Å²) in [6, 6.07) is -2.78. The van der Waals surface area contributed by atoms with E-state index in [1.54, 1.807) is 0 Å². The summed E-state index contributed by atoms with van der Waals surface area (Å²) in [4.78, 5) is 51.4. The maximum atomic E-state index is 13.2. The van der Waals surface area contributed by atoms with Gasteiger partial charge in [-0.15, -0.1) is 11.3 Å². The first-order valence-electron chi connectivity index (χ1n) is 12.3. The van der Waals surface area contributed by atoms with Gasteiger partial charge in [0.05, 0.1) is 18.4 Å². The van der Waals surface area contributed by atoms with Gasteiger partial charge in [0.2, 0.25) is 5.60 Å². The fourth-order valence-corrected chi connectivity index (χ4v) is 5.26. The molecule has 0 aromatic carbocycles. The number of rotatable bonds is 15. The number of nitrogens with one attached hydrogen (secondary N) is 2. The zero-order valence-electron chi connectivity index (χ0n) is 21.8. The van der Waals surface area contributed by atoms with Gasteiger partial charge < -0.3 is 37.8 Å². The summed E-state index contributed by atoms with van der Waals surface area (Å²) in [5.74, 6) is -3.43. The number of nitrogens with zero attached hydrogens (tertiary/aromatic N) is 7. The Bertz CT molecular complexity index is 1510. The maximum Gasteiger partial charge on any atom is 0.362 e. The van der Waals surface area contributed by atoms with Crippen molar-refractivity contribution in [1.29, 1.82) is 0 Å². The number of oxime groups is 1. The largest absolute Gasteiger partial charge is 0.478 e. The zero-order chi connectivity index (χ0) is 30.7. The lowest BCUT2D eigenvalue weighted by Crippen LogP contribution is -2.73. The third-order valence-electron chi connectivity index (χ3n) is 6.14. The Morgan fingerprint density at radius 1 is 1.31 bits per heavy atom. The van der Waals surface area contributed by atoms with Crippen LogP contribution in [0.4, 0.5) is 5.13 Å². The van der Waals surface area contributed by atoms with E-state index in [-0.39, 0.29) is 40.5 Å². The molecule has 0 radical (unpaired) electrons. The number of hydrogen-bond acceptors (Lipinski definition) is 14. The number of carbonyl (C=O) groups is 3. The molecule has 2 amide bonds. The van der Waals surface area contributed by atoms with Gasteiger partial charge >= 0.3 is 16.3 Å². The van der Waals surface area contributed by atoms with Crippen LogP contribution in [-0.4, -0.2) is 103 Å². The third-order valence-corrected chi connectivity index (χ3v) is 7.76. The van der Waals surface area contributed by atoms with Crippen molar-refractivity contribution in [2.75, 3.05) is 18.8 Å². The minimum Gasteiger partial charge on any atom is -0.478 e. The van der Waals surface area contributed by atoms with Crippen molar-refractivity contribution in [3.63, 3.8) is 0 Å². The number of carbonyl (C=O) groups excluding carboxylic acids is 2. The molecule has 42 heavy (non-hydrogen) atoms. The van der Waals surface area contributed by atoms with Crippen LogP contribution in [0, 0.1) is 0 Å². The van der Waals surface area contributed by atoms with E-state index in [0.29, 0.717) is 31.7 Å². The summed E-state index contributed by atoms with van der Waals surface area (Å²) in [6.07, 6.45) is 2.40. The van der Waals surface area contributed by atoms with Crippen molar-refractivity contribution >= 4 is 56.2 Å². The first-order chi connectivity index (χ1) is 19.8. The molecule has 1 saturated heterocycles. The van der Waals surface area contributed by atoms with Gasteiger partial charge in [-0.05, 0) is 13.0 Å². The third kappa shape index (κ3) is 7.07. The van der Waals surface area contributed by atoms with E-state index in [2.05, 4.69) is 36.0 Å². The van der Waals surface area contributed by atoms with Gasteiger partial charge in [-0.25, -0.2) is 14.1 Å². The van der Waals surface area contributed by atoms with Gasteiger partial charge in [0.15, 0.2) is 16.8 Å². The van der Waals surface area contributed by atoms with E-state index >= 15 is 0 Å². The molecule has 1 saturated carbocycles. The molecule has 3 heterocycles. The summed E-state index contributed by atoms with van der Waals surface area (Å²) in [5, 5.41) is 28.2. The Morgan fingerprint density at radius 3 is 2.64 bits per heavy atom. The molecule has 2 unspecified atom stereocenters. The molecule has 0 spiro atoms. The summed E-state index contributed by atoms with van der Waals surface area (Å²) in [5.41, 5.74) is 14.5. The predicted octanol–water partition coefficient (Wildman–Crippen LogP) is -3.39. The number of nitrogens with two attached hydrogens (primary N) is 3. The van der Waals surface area contributed by atoms with Crippen LogP contribution in [0.1, 0.15) is 30.7 Å². The fourth-order valence-electron chi connectivity index (χ4n) is 3.84. The highest BCUT2D eigenvalue weighted by Crippen LogP contribution is 2.40. The molecule has 2 aromatic heterocycles. The first-order valence-corrected chi connectivity index (χ1v) is 14.6. The van der Waals surface area contributed by atoms with Gasteiger partial charge in [-0.1, -0.05) is 5.16 Å². The number of nitrogen functional groups attached to an aromatic ring is 1. The van der Waals surface area contributed by atoms with Gasteiger partial charge in [-0.3, -0.25) is 19.1 Å². The van der Waals surface area contributed by atoms with Crippen molar-refractivity contribution in [1.82, 2.24) is 34.9 Å². The number of thiazole rings is 1. The maximum absolute atomic E-state index is 13.2. The standard InChI is InChI=1S/C20H28N12O8S2/c21-18(22)25-5-1-4-24-6-10-7-26-31(29-10)8-12-14(16(34)32(12)42(37,38)39)28-15(33)13(11-9-41-19(23)27-11)30-40-20(2-3-20)17(35)36/h7,9,12,14,24H,1-6,8H2,(H2,23,27)(H,28,33)(H,35,36)(H4,21,22,25)(H,37,38,39). The number of guanidine groups is 1. The first kappa shape index (κ1) is 30.5. The minimum absolute atomic E-state index is 0.00430. The lowest BCUT2D eigenvalue weighted by atomic mass is 9.98. The van der Waals surface area contributed by atoms with Crippen molar-refractivity contribution < 1.29 is 37.3 Å². The molecule has 2 aliphatic rings. The Kier molecular flexibility index (Phi) is 8.89. The van der Waals surface area contributed by atoms with E-state index in [1.165, 1.54) is 11.6 Å². The number of hydrogen-bond donors (Lipinski definition) is 7. The molecular formula is C20H28N12O8S2. The molecule has 0 bridgehead atoms. The average Bonchev–Trinajstić information content (AvgIpc) is 3.37. The number of aliphatic carboxylic acids is 1. The Labute approximate surface area is 241 Å². The van der Waals surface area contributed by atoms with Crippen molar-refractivity contribution in [2.24, 2.45) is 21.6 Å². The topological polar surface area (TPSA) is 309 Å². The number of aromatic nitrogens is 4. The fraction of sp³-hybridized carbons (Fsp3) is 0.500. The molecule has 22 heteroatoms. The number of amides is 2. The Balaban J connectivity index is 1.45. The molecule has 2 aromatic rings. The van der Waals surface area contributed by atoms with Crippen LogP contribution in [0.3, 0.4) is 0 Å². The summed E-state index contributed by atoms with van der Waals surface area (Å²) in [7, 11) is -5.00. The second-order valence-corrected chi connectivity index (χ2v) is 11.4. The van der Waals surface area contributed by atoms with Crippen LogP contribution in [-0.2, 0) is 42.6 Å². The molecular weight excluding hydrogens is 600 g/mol. The SMILES string of the molecule is NC(N)=NCCCNCc1cnn(CC2C(NC(=O)C(=NOC3(C(=O)O)CC3)c3csc(N)n3)C(=O)N2S(=O)(=O)O)n1. The van der Waals surface area contributed by atoms with Crippen molar-refractivity contribution in [2.45, 2.75) is 50.0 Å². The smallest absolute Gasteiger partial charge is 0.362 e. The van der Waals surface area contributed by atoms with Crippen LogP contribution < -0.4 is 27.8 Å². The van der Waals surface area contributed by atoms with Crippen molar-refractivity contribution in [3.8, 4) is 0 Å². The minimum atomic E-state index is -5.00. The highest BCUT2D eigenvalue weighted by Gasteiger charge is 2.56. The Hall–Kier alpha value is -4.41. The van der Waals surface area contributed by atoms with E-state index in [4.69, 9.17) is 22.0 Å². The molecule has 4 rings (SSSR count). The number of carboxylic acid groups (broad SMARTS) is 1. The van der Waals surface area contributed by atoms with Crippen LogP contribution >= 0.6 is 11.3 Å². The monoisotopic (exact) mass is 628 g/mol. The number of anilines is 1. The highest BCUT2D eigenvalue weighted by molar-refractivity contribution is 7.84. The summed E-state index contributed by atoms with van der Waals surface area (Å²) in [6.45, 7) is 0.986. The van der Waals surface area contributed by atoms with Crippen LogP contribution in [0.5, 0.6) is 0 Å². The lowest BCUT2D eigenvalue weighted by Gasteiger charge is -2.43. The van der Waals surface area contributed by atoms with Crippen LogP contribution in [0.25, 0.3) is 0 Å². The second-order valence-electron chi connectivity index (χ2n) is 9.26. The van der Waals surface area contributed by atoms with E-state index in [1.807, 2.05) is 0 Å². The highest BCUT2D eigenvalue weighted by atomic mass is 32.2. The molecule has 228 valence electrons. The number of carboxylic acids is 1. The van der Waals surface area contributed by atoms with Crippen LogP contribution in [0.2, 0.25) is 0 Å². The average molecular weight is 629 g/mol.